The number of hydrogen-bond acceptors (Lipinski definition) is 2. The first-order chi connectivity index (χ1) is 9.69. The molecule has 0 spiro atoms. The molecule has 2 rings (SSSR count). The van der Waals surface area contributed by atoms with Crippen molar-refractivity contribution in [3.8, 4) is 0 Å². The minimum atomic E-state index is 0. The van der Waals surface area contributed by atoms with Crippen LogP contribution in [0.5, 0.6) is 0 Å². The summed E-state index contributed by atoms with van der Waals surface area (Å²) in [6.07, 6.45) is 1.66. The second kappa shape index (κ2) is 8.94. The molecule has 0 aliphatic carbocycles. The Morgan fingerprint density at radius 2 is 2.00 bits per heavy atom. The number of aliphatic imine (C=N–C) groups is 1. The number of halogens is 2. The molecule has 1 aromatic heterocycles. The third-order valence-corrected chi connectivity index (χ3v) is 3.34. The minimum absolute atomic E-state index is 0. The summed E-state index contributed by atoms with van der Waals surface area (Å²) in [6.45, 7) is 3.29. The molecule has 0 amide bonds. The monoisotopic (exact) mass is 419 g/mol. The maximum atomic E-state index is 6.01. The van der Waals surface area contributed by atoms with Crippen LogP contribution in [-0.2, 0) is 13.1 Å². The molecular weight excluding hydrogens is 401 g/mol. The predicted octanol–water partition coefficient (Wildman–Crippen LogP) is 3.72. The molecule has 0 bridgehead atoms. The van der Waals surface area contributed by atoms with Gasteiger partial charge >= 0.3 is 0 Å². The first-order valence-electron chi connectivity index (χ1n) is 6.41. The molecule has 0 radical (unpaired) electrons. The number of benzene rings is 1. The summed E-state index contributed by atoms with van der Waals surface area (Å²) < 4.78 is 5.26. The molecule has 0 atom stereocenters. The lowest BCUT2D eigenvalue weighted by molar-refractivity contribution is 0.501. The second-order valence-corrected chi connectivity index (χ2v) is 4.85. The van der Waals surface area contributed by atoms with Crippen LogP contribution in [0.4, 0.5) is 0 Å². The van der Waals surface area contributed by atoms with Crippen molar-refractivity contribution in [2.75, 3.05) is 7.05 Å². The van der Waals surface area contributed by atoms with Crippen molar-refractivity contribution in [1.82, 2.24) is 10.6 Å². The van der Waals surface area contributed by atoms with Gasteiger partial charge in [-0.05, 0) is 36.2 Å². The van der Waals surface area contributed by atoms with Gasteiger partial charge in [-0.2, -0.15) is 0 Å². The second-order valence-electron chi connectivity index (χ2n) is 4.44. The van der Waals surface area contributed by atoms with Gasteiger partial charge in [-0.1, -0.05) is 23.7 Å². The molecule has 6 heteroatoms. The summed E-state index contributed by atoms with van der Waals surface area (Å²) in [5.74, 6) is 1.60. The van der Waals surface area contributed by atoms with E-state index in [0.29, 0.717) is 13.1 Å². The van der Waals surface area contributed by atoms with Crippen molar-refractivity contribution in [2.45, 2.75) is 20.0 Å². The van der Waals surface area contributed by atoms with Crippen LogP contribution >= 0.6 is 35.6 Å². The zero-order valence-electron chi connectivity index (χ0n) is 12.0. The van der Waals surface area contributed by atoms with Crippen LogP contribution in [-0.4, -0.2) is 13.0 Å². The van der Waals surface area contributed by atoms with E-state index < -0.39 is 0 Å². The lowest BCUT2D eigenvalue weighted by Crippen LogP contribution is -2.36. The Bertz CT molecular complexity index is 585. The topological polar surface area (TPSA) is 49.6 Å². The van der Waals surface area contributed by atoms with E-state index >= 15 is 0 Å². The SMILES string of the molecule is CN=C(NCc1ccc(Cl)c(C)c1)NCc1ccco1.I. The molecular formula is C15H19ClIN3O. The molecule has 2 aromatic rings. The smallest absolute Gasteiger partial charge is 0.191 e. The highest BCUT2D eigenvalue weighted by atomic mass is 127. The molecule has 0 unspecified atom stereocenters. The number of nitrogens with one attached hydrogen (secondary N) is 2. The normalized spacial score (nSPS) is 10.9. The van der Waals surface area contributed by atoms with Gasteiger partial charge in [-0.25, -0.2) is 0 Å². The van der Waals surface area contributed by atoms with Crippen molar-refractivity contribution in [1.29, 1.82) is 0 Å². The average molecular weight is 420 g/mol. The molecule has 1 aromatic carbocycles. The molecule has 1 heterocycles. The van der Waals surface area contributed by atoms with Gasteiger partial charge in [0.05, 0.1) is 12.8 Å². The summed E-state index contributed by atoms with van der Waals surface area (Å²) in [6, 6.07) is 9.76. The number of rotatable bonds is 4. The van der Waals surface area contributed by atoms with E-state index in [1.807, 2.05) is 31.2 Å². The van der Waals surface area contributed by atoms with Crippen LogP contribution < -0.4 is 10.6 Å². The zero-order chi connectivity index (χ0) is 14.4. The third kappa shape index (κ3) is 5.59. The number of guanidine groups is 1. The van der Waals surface area contributed by atoms with E-state index in [1.165, 1.54) is 0 Å². The minimum Gasteiger partial charge on any atom is -0.467 e. The zero-order valence-corrected chi connectivity index (χ0v) is 15.1. The highest BCUT2D eigenvalue weighted by Crippen LogP contribution is 2.16. The number of furan rings is 1. The van der Waals surface area contributed by atoms with E-state index in [9.17, 15) is 0 Å². The molecule has 4 nitrogen and oxygen atoms in total. The molecule has 0 aliphatic heterocycles. The Kier molecular flexibility index (Phi) is 7.60. The molecule has 0 saturated carbocycles. The standard InChI is InChI=1S/C15H18ClN3O.HI/c1-11-8-12(5-6-14(11)16)9-18-15(17-2)19-10-13-4-3-7-20-13;/h3-8H,9-10H2,1-2H3,(H2,17,18,19);1H. The maximum absolute atomic E-state index is 6.01. The summed E-state index contributed by atoms with van der Waals surface area (Å²) in [5, 5.41) is 7.22. The van der Waals surface area contributed by atoms with Gasteiger partial charge in [-0.15, -0.1) is 24.0 Å². The van der Waals surface area contributed by atoms with Gasteiger partial charge in [0.2, 0.25) is 0 Å². The fourth-order valence-electron chi connectivity index (χ4n) is 1.81. The Labute approximate surface area is 147 Å². The van der Waals surface area contributed by atoms with Crippen LogP contribution in [0.1, 0.15) is 16.9 Å². The highest BCUT2D eigenvalue weighted by Gasteiger charge is 2.01. The van der Waals surface area contributed by atoms with E-state index in [-0.39, 0.29) is 24.0 Å². The van der Waals surface area contributed by atoms with Gasteiger partial charge in [-0.3, -0.25) is 4.99 Å². The van der Waals surface area contributed by atoms with Crippen molar-refractivity contribution in [3.05, 3.63) is 58.5 Å². The first kappa shape index (κ1) is 17.8. The van der Waals surface area contributed by atoms with Crippen molar-refractivity contribution < 1.29 is 4.42 Å². The van der Waals surface area contributed by atoms with Crippen molar-refractivity contribution in [2.24, 2.45) is 4.99 Å². The Balaban J connectivity index is 0.00000220. The Morgan fingerprint density at radius 3 is 2.62 bits per heavy atom. The molecule has 114 valence electrons. The molecule has 21 heavy (non-hydrogen) atoms. The summed E-state index contributed by atoms with van der Waals surface area (Å²) in [7, 11) is 1.74. The third-order valence-electron chi connectivity index (χ3n) is 2.92. The summed E-state index contributed by atoms with van der Waals surface area (Å²) in [5.41, 5.74) is 2.23. The highest BCUT2D eigenvalue weighted by molar-refractivity contribution is 14.0. The Morgan fingerprint density at radius 1 is 1.24 bits per heavy atom. The van der Waals surface area contributed by atoms with Gasteiger partial charge < -0.3 is 15.1 Å². The van der Waals surface area contributed by atoms with Crippen LogP contribution in [0, 0.1) is 6.92 Å². The summed E-state index contributed by atoms with van der Waals surface area (Å²) in [4.78, 5) is 4.17. The molecule has 0 aliphatic rings. The fraction of sp³-hybridized carbons (Fsp3) is 0.267. The average Bonchev–Trinajstić information content (AvgIpc) is 2.96. The number of hydrogen-bond donors (Lipinski definition) is 2. The van der Waals surface area contributed by atoms with E-state index in [2.05, 4.69) is 21.7 Å². The van der Waals surface area contributed by atoms with Crippen molar-refractivity contribution >= 4 is 41.5 Å². The van der Waals surface area contributed by atoms with E-state index in [0.717, 1.165) is 27.9 Å². The lowest BCUT2D eigenvalue weighted by Gasteiger charge is -2.11. The molecule has 0 saturated heterocycles. The van der Waals surface area contributed by atoms with Gasteiger partial charge in [0, 0.05) is 18.6 Å². The Hall–Kier alpha value is -1.21. The van der Waals surface area contributed by atoms with Gasteiger partial charge in [0.25, 0.3) is 0 Å². The van der Waals surface area contributed by atoms with Crippen LogP contribution in [0.25, 0.3) is 0 Å². The quantitative estimate of drug-likeness (QED) is 0.451. The van der Waals surface area contributed by atoms with Gasteiger partial charge in [0.15, 0.2) is 5.96 Å². The predicted molar refractivity (Wildman–Crippen MR) is 97.4 cm³/mol. The molecule has 2 N–H and O–H groups in total. The number of aryl methyl sites for hydroxylation is 1. The largest absolute Gasteiger partial charge is 0.467 e. The maximum Gasteiger partial charge on any atom is 0.191 e. The van der Waals surface area contributed by atoms with E-state index in [4.69, 9.17) is 16.0 Å². The van der Waals surface area contributed by atoms with E-state index in [1.54, 1.807) is 13.3 Å². The van der Waals surface area contributed by atoms with Gasteiger partial charge in [0.1, 0.15) is 5.76 Å². The lowest BCUT2D eigenvalue weighted by atomic mass is 10.1. The van der Waals surface area contributed by atoms with Crippen LogP contribution in [0.3, 0.4) is 0 Å². The first-order valence-corrected chi connectivity index (χ1v) is 6.79. The van der Waals surface area contributed by atoms with Crippen LogP contribution in [0.2, 0.25) is 5.02 Å². The fourth-order valence-corrected chi connectivity index (χ4v) is 1.92. The van der Waals surface area contributed by atoms with Crippen LogP contribution in [0.15, 0.2) is 46.0 Å². The van der Waals surface area contributed by atoms with Crippen molar-refractivity contribution in [3.63, 3.8) is 0 Å². The molecule has 0 fully saturated rings. The summed E-state index contributed by atoms with van der Waals surface area (Å²) >= 11 is 6.01. The number of nitrogens with zero attached hydrogens (tertiary/aromatic N) is 1.